The number of nitrogens with zero attached hydrogens (tertiary/aromatic N) is 1. The highest BCUT2D eigenvalue weighted by Crippen LogP contribution is 2.21. The van der Waals surface area contributed by atoms with Crippen molar-refractivity contribution in [3.05, 3.63) is 35.9 Å². The molecular weight excluding hydrogens is 512 g/mol. The average molecular weight is 557 g/mol. The molecule has 3 N–H and O–H groups in total. The Morgan fingerprint density at radius 1 is 0.975 bits per heavy atom. The van der Waals surface area contributed by atoms with Crippen LogP contribution in [-0.2, 0) is 35.1 Å². The Bertz CT molecular complexity index is 1040. The molecule has 2 aliphatic rings. The first-order chi connectivity index (χ1) is 19.1. The van der Waals surface area contributed by atoms with Crippen molar-refractivity contribution < 1.29 is 28.7 Å². The largest absolute Gasteiger partial charge is 0.466 e. The smallest absolute Gasteiger partial charge is 0.305 e. The Morgan fingerprint density at radius 3 is 2.45 bits per heavy atom. The third-order valence-electron chi connectivity index (χ3n) is 7.50. The van der Waals surface area contributed by atoms with E-state index in [1.54, 1.807) is 13.8 Å². The zero-order chi connectivity index (χ0) is 29.1. The summed E-state index contributed by atoms with van der Waals surface area (Å²) in [6, 6.07) is 6.94. The lowest BCUT2D eigenvalue weighted by Crippen LogP contribution is -2.64. The van der Waals surface area contributed by atoms with E-state index in [4.69, 9.17) is 4.74 Å². The summed E-state index contributed by atoms with van der Waals surface area (Å²) in [5.41, 5.74) is -0.439. The molecule has 1 aromatic carbocycles. The molecule has 0 aliphatic carbocycles. The maximum atomic E-state index is 13.7. The average Bonchev–Trinajstić information content (AvgIpc) is 3.41. The summed E-state index contributed by atoms with van der Waals surface area (Å²) in [6.07, 6.45) is 5.78. The Kier molecular flexibility index (Phi) is 11.5. The van der Waals surface area contributed by atoms with Gasteiger partial charge < -0.3 is 25.6 Å². The highest BCUT2D eigenvalue weighted by atomic mass is 16.5. The molecule has 1 aromatic rings. The van der Waals surface area contributed by atoms with Crippen LogP contribution in [0, 0.1) is 0 Å². The number of hydrogen-bond acceptors (Lipinski definition) is 6. The normalized spacial score (nSPS) is 23.3. The molecule has 0 radical (unpaired) electrons. The van der Waals surface area contributed by atoms with Gasteiger partial charge >= 0.3 is 5.97 Å². The minimum Gasteiger partial charge on any atom is -0.466 e. The minimum atomic E-state index is -1.32. The van der Waals surface area contributed by atoms with Gasteiger partial charge in [0.05, 0.1) is 6.61 Å². The lowest BCUT2D eigenvalue weighted by molar-refractivity contribution is -0.144. The summed E-state index contributed by atoms with van der Waals surface area (Å²) in [5.74, 6) is -1.83. The van der Waals surface area contributed by atoms with E-state index >= 15 is 0 Å². The van der Waals surface area contributed by atoms with Gasteiger partial charge in [-0.1, -0.05) is 56.5 Å². The molecule has 2 saturated heterocycles. The maximum Gasteiger partial charge on any atom is 0.305 e. The highest BCUT2D eigenvalue weighted by Gasteiger charge is 2.42. The summed E-state index contributed by atoms with van der Waals surface area (Å²) in [5, 5.41) is 8.49. The zero-order valence-corrected chi connectivity index (χ0v) is 24.0. The Labute approximate surface area is 237 Å². The predicted octanol–water partition coefficient (Wildman–Crippen LogP) is 2.39. The van der Waals surface area contributed by atoms with Crippen LogP contribution < -0.4 is 16.0 Å². The molecule has 220 valence electrons. The molecule has 3 unspecified atom stereocenters. The first-order valence-electron chi connectivity index (χ1n) is 14.6. The molecule has 10 heteroatoms. The van der Waals surface area contributed by atoms with Crippen molar-refractivity contribution >= 4 is 29.6 Å². The van der Waals surface area contributed by atoms with Crippen molar-refractivity contribution in [1.29, 1.82) is 0 Å². The predicted molar refractivity (Wildman–Crippen MR) is 150 cm³/mol. The third-order valence-corrected chi connectivity index (χ3v) is 7.50. The van der Waals surface area contributed by atoms with Crippen LogP contribution in [0.3, 0.4) is 0 Å². The van der Waals surface area contributed by atoms with Crippen molar-refractivity contribution in [3.8, 4) is 0 Å². The zero-order valence-electron chi connectivity index (χ0n) is 24.0. The number of esters is 1. The molecule has 2 aliphatic heterocycles. The van der Waals surface area contributed by atoms with Crippen molar-refractivity contribution in [2.24, 2.45) is 0 Å². The van der Waals surface area contributed by atoms with E-state index in [-0.39, 0.29) is 24.2 Å². The number of nitrogens with one attached hydrogen (secondary N) is 3. The molecule has 0 bridgehead atoms. The number of fused-ring (bicyclic) bond motifs is 1. The van der Waals surface area contributed by atoms with Crippen molar-refractivity contribution in [2.45, 2.75) is 109 Å². The lowest BCUT2D eigenvalue weighted by Gasteiger charge is -2.34. The Hall–Kier alpha value is -3.43. The number of ether oxygens (including phenoxy) is 1. The third kappa shape index (κ3) is 8.79. The van der Waals surface area contributed by atoms with E-state index in [0.29, 0.717) is 58.1 Å². The number of unbranched alkanes of at least 4 members (excludes halogenated alkanes) is 3. The molecule has 3 atom stereocenters. The number of carbonyl (C=O) groups is 5. The summed E-state index contributed by atoms with van der Waals surface area (Å²) in [7, 11) is 0. The second-order valence-electron chi connectivity index (χ2n) is 11.3. The van der Waals surface area contributed by atoms with E-state index in [0.717, 1.165) is 18.4 Å². The van der Waals surface area contributed by atoms with Crippen molar-refractivity contribution in [1.82, 2.24) is 20.9 Å². The summed E-state index contributed by atoms with van der Waals surface area (Å²) < 4.78 is 5.18. The number of rotatable bonds is 11. The van der Waals surface area contributed by atoms with Crippen LogP contribution in [0.15, 0.2) is 30.3 Å². The summed E-state index contributed by atoms with van der Waals surface area (Å²) in [6.45, 7) is 6.03. The van der Waals surface area contributed by atoms with E-state index in [1.807, 2.05) is 37.3 Å². The van der Waals surface area contributed by atoms with Crippen molar-refractivity contribution in [3.63, 3.8) is 0 Å². The van der Waals surface area contributed by atoms with Gasteiger partial charge in [-0.05, 0) is 51.5 Å². The van der Waals surface area contributed by atoms with E-state index in [9.17, 15) is 24.0 Å². The summed E-state index contributed by atoms with van der Waals surface area (Å²) in [4.78, 5) is 67.1. The van der Waals surface area contributed by atoms with E-state index < -0.39 is 35.5 Å². The van der Waals surface area contributed by atoms with E-state index in [2.05, 4.69) is 16.0 Å². The molecular formula is C30H44N4O6. The van der Waals surface area contributed by atoms with Gasteiger partial charge in [-0.15, -0.1) is 0 Å². The lowest BCUT2D eigenvalue weighted by atomic mass is 9.98. The molecule has 0 spiro atoms. The monoisotopic (exact) mass is 556 g/mol. The SMILES string of the molecule is CCCCOC(=O)CCCCCC1NC(=O)C2CCCN2C(=O)C(Cc2ccccc2)NC(=O)C(C)(C)NC1=O. The number of hydrogen-bond donors (Lipinski definition) is 3. The fourth-order valence-electron chi connectivity index (χ4n) is 5.08. The quantitative estimate of drug-likeness (QED) is 0.283. The van der Waals surface area contributed by atoms with Gasteiger partial charge in [-0.25, -0.2) is 0 Å². The van der Waals surface area contributed by atoms with Gasteiger partial charge in [0.25, 0.3) is 0 Å². The standard InChI is InChI=1S/C30H44N4O6/c1-4-5-19-40-25(35)17-11-7-10-15-22-26(36)33-30(2,3)29(39)32-23(20-21-13-8-6-9-14-21)28(38)34-18-12-16-24(34)27(37)31-22/h6,8-9,13-14,22-24H,4-5,7,10-12,15-20H2,1-3H3,(H,31,37)(H,32,39)(H,33,36). The van der Waals surface area contributed by atoms with Crippen LogP contribution in [0.25, 0.3) is 0 Å². The number of benzene rings is 1. The minimum absolute atomic E-state index is 0.227. The van der Waals surface area contributed by atoms with E-state index in [1.165, 1.54) is 4.90 Å². The van der Waals surface area contributed by atoms with Crippen LogP contribution in [0.1, 0.15) is 84.1 Å². The number of amides is 4. The topological polar surface area (TPSA) is 134 Å². The summed E-state index contributed by atoms with van der Waals surface area (Å²) >= 11 is 0. The molecule has 40 heavy (non-hydrogen) atoms. The van der Waals surface area contributed by atoms with Gasteiger partial charge in [0, 0.05) is 19.4 Å². The molecule has 0 saturated carbocycles. The van der Waals surface area contributed by atoms with Crippen LogP contribution in [0.4, 0.5) is 0 Å². The second-order valence-corrected chi connectivity index (χ2v) is 11.3. The molecule has 3 rings (SSSR count). The van der Waals surface area contributed by atoms with Gasteiger partial charge in [0.15, 0.2) is 0 Å². The van der Waals surface area contributed by atoms with Gasteiger partial charge in [0.2, 0.25) is 23.6 Å². The molecule has 0 aromatic heterocycles. The molecule has 10 nitrogen and oxygen atoms in total. The van der Waals surface area contributed by atoms with Crippen LogP contribution >= 0.6 is 0 Å². The van der Waals surface area contributed by atoms with Crippen molar-refractivity contribution in [2.75, 3.05) is 13.2 Å². The first kappa shape index (κ1) is 31.1. The second kappa shape index (κ2) is 14.8. The van der Waals surface area contributed by atoms with Crippen LogP contribution in [-0.4, -0.2) is 71.3 Å². The first-order valence-corrected chi connectivity index (χ1v) is 14.6. The fourth-order valence-corrected chi connectivity index (χ4v) is 5.08. The maximum absolute atomic E-state index is 13.7. The van der Waals surface area contributed by atoms with Crippen LogP contribution in [0.5, 0.6) is 0 Å². The fraction of sp³-hybridized carbons (Fsp3) is 0.633. The molecule has 4 amide bonds. The Morgan fingerprint density at radius 2 is 1.73 bits per heavy atom. The van der Waals surface area contributed by atoms with Crippen LogP contribution in [0.2, 0.25) is 0 Å². The van der Waals surface area contributed by atoms with Gasteiger partial charge in [-0.3, -0.25) is 24.0 Å². The Balaban J connectivity index is 1.70. The highest BCUT2D eigenvalue weighted by molar-refractivity contribution is 5.99. The van der Waals surface area contributed by atoms with Gasteiger partial charge in [0.1, 0.15) is 23.7 Å². The molecule has 2 heterocycles. The van der Waals surface area contributed by atoms with Gasteiger partial charge in [-0.2, -0.15) is 0 Å². The molecule has 2 fully saturated rings. The number of carbonyl (C=O) groups excluding carboxylic acids is 5.